The molecule has 10 nitrogen and oxygen atoms in total. The van der Waals surface area contributed by atoms with Gasteiger partial charge in [-0.3, -0.25) is 4.68 Å². The number of carbonyl (C=O) groups excluding carboxylic acids is 1. The highest BCUT2D eigenvalue weighted by Crippen LogP contribution is 2.27. The van der Waals surface area contributed by atoms with Crippen molar-refractivity contribution in [3.8, 4) is 11.4 Å². The van der Waals surface area contributed by atoms with Gasteiger partial charge in [0.1, 0.15) is 0 Å². The molecular weight excluding hydrogens is 372 g/mol. The van der Waals surface area contributed by atoms with E-state index in [1.54, 1.807) is 21.8 Å². The number of hydrogen-bond donors (Lipinski definition) is 2. The fourth-order valence-corrected chi connectivity index (χ4v) is 3.32. The zero-order valence-corrected chi connectivity index (χ0v) is 16.4. The lowest BCUT2D eigenvalue weighted by Crippen LogP contribution is -2.20. The number of carbonyl (C=O) groups is 1. The molecule has 1 aliphatic rings. The number of nitrogens with one attached hydrogen (secondary N) is 2. The van der Waals surface area contributed by atoms with Gasteiger partial charge in [-0.15, -0.1) is 5.10 Å². The summed E-state index contributed by atoms with van der Waals surface area (Å²) >= 11 is 0. The summed E-state index contributed by atoms with van der Waals surface area (Å²) in [7, 11) is 0. The Bertz CT molecular complexity index is 974. The summed E-state index contributed by atoms with van der Waals surface area (Å²) in [5.74, 6) is 0.597. The average Bonchev–Trinajstić information content (AvgIpc) is 3.44. The average molecular weight is 396 g/mol. The van der Waals surface area contributed by atoms with E-state index in [1.165, 1.54) is 0 Å². The second-order valence-electron chi connectivity index (χ2n) is 7.25. The number of nitrogens with zero attached hydrogens (tertiary/aromatic N) is 6. The SMILES string of the molecule is CC(C)n1nnnc1-c1ccccc1NC(=O)Nc1cnn(CC2CCCO2)c1. The smallest absolute Gasteiger partial charge is 0.323 e. The number of hydrogen-bond acceptors (Lipinski definition) is 6. The van der Waals surface area contributed by atoms with E-state index in [0.717, 1.165) is 25.0 Å². The highest BCUT2D eigenvalue weighted by Gasteiger charge is 2.18. The number of urea groups is 1. The summed E-state index contributed by atoms with van der Waals surface area (Å²) in [4.78, 5) is 12.5. The number of para-hydroxylation sites is 1. The monoisotopic (exact) mass is 396 g/mol. The van der Waals surface area contributed by atoms with Crippen LogP contribution in [0.5, 0.6) is 0 Å². The lowest BCUT2D eigenvalue weighted by atomic mass is 10.1. The second kappa shape index (κ2) is 8.39. The van der Waals surface area contributed by atoms with Crippen molar-refractivity contribution in [3.05, 3.63) is 36.7 Å². The molecule has 2 amide bonds. The first kappa shape index (κ1) is 19.1. The van der Waals surface area contributed by atoms with Gasteiger partial charge >= 0.3 is 6.03 Å². The minimum Gasteiger partial charge on any atom is -0.376 e. The van der Waals surface area contributed by atoms with Crippen LogP contribution in [0.15, 0.2) is 36.7 Å². The van der Waals surface area contributed by atoms with Crippen LogP contribution < -0.4 is 10.6 Å². The van der Waals surface area contributed by atoms with E-state index in [2.05, 4.69) is 31.3 Å². The molecule has 1 aliphatic heterocycles. The van der Waals surface area contributed by atoms with E-state index in [-0.39, 0.29) is 18.2 Å². The number of aromatic nitrogens is 6. The van der Waals surface area contributed by atoms with Gasteiger partial charge in [0.25, 0.3) is 0 Å². The van der Waals surface area contributed by atoms with Gasteiger partial charge in [-0.25, -0.2) is 9.48 Å². The van der Waals surface area contributed by atoms with E-state index >= 15 is 0 Å². The predicted molar refractivity (Wildman–Crippen MR) is 107 cm³/mol. The molecule has 0 aliphatic carbocycles. The molecule has 2 aromatic heterocycles. The van der Waals surface area contributed by atoms with Crippen LogP contribution in [0.25, 0.3) is 11.4 Å². The molecule has 0 saturated carbocycles. The van der Waals surface area contributed by atoms with Crippen molar-refractivity contribution < 1.29 is 9.53 Å². The number of rotatable bonds is 6. The second-order valence-corrected chi connectivity index (χ2v) is 7.25. The van der Waals surface area contributed by atoms with Gasteiger partial charge in [-0.2, -0.15) is 5.10 Å². The third-order valence-corrected chi connectivity index (χ3v) is 4.70. The normalized spacial score (nSPS) is 16.3. The molecule has 1 fully saturated rings. The first-order valence-electron chi connectivity index (χ1n) is 9.69. The molecule has 3 aromatic rings. The molecule has 2 N–H and O–H groups in total. The van der Waals surface area contributed by atoms with Crippen LogP contribution in [0.4, 0.5) is 16.2 Å². The maximum atomic E-state index is 12.5. The number of benzene rings is 1. The Labute approximate surface area is 168 Å². The Morgan fingerprint density at radius 1 is 1.31 bits per heavy atom. The van der Waals surface area contributed by atoms with Crippen molar-refractivity contribution in [1.82, 2.24) is 30.0 Å². The molecule has 152 valence electrons. The molecule has 0 radical (unpaired) electrons. The molecule has 4 rings (SSSR count). The Hall–Kier alpha value is -3.27. The van der Waals surface area contributed by atoms with Gasteiger partial charge in [-0.05, 0) is 49.2 Å². The zero-order valence-electron chi connectivity index (χ0n) is 16.4. The lowest BCUT2D eigenvalue weighted by Gasteiger charge is -2.13. The number of amides is 2. The predicted octanol–water partition coefficient (Wildman–Crippen LogP) is 2.94. The molecule has 1 atom stereocenters. The number of ether oxygens (including phenoxy) is 1. The maximum Gasteiger partial charge on any atom is 0.323 e. The molecule has 29 heavy (non-hydrogen) atoms. The van der Waals surface area contributed by atoms with Gasteiger partial charge in [0.05, 0.1) is 36.3 Å². The molecule has 1 saturated heterocycles. The molecule has 0 spiro atoms. The lowest BCUT2D eigenvalue weighted by molar-refractivity contribution is 0.0940. The summed E-state index contributed by atoms with van der Waals surface area (Å²) in [5, 5.41) is 21.9. The highest BCUT2D eigenvalue weighted by molar-refractivity contribution is 6.01. The third kappa shape index (κ3) is 4.43. The van der Waals surface area contributed by atoms with Gasteiger partial charge in [0.15, 0.2) is 5.82 Å². The summed E-state index contributed by atoms with van der Waals surface area (Å²) in [5.41, 5.74) is 1.98. The minimum atomic E-state index is -0.363. The Kier molecular flexibility index (Phi) is 5.52. The van der Waals surface area contributed by atoms with E-state index in [4.69, 9.17) is 4.74 Å². The first-order valence-corrected chi connectivity index (χ1v) is 9.69. The fourth-order valence-electron chi connectivity index (χ4n) is 3.32. The molecule has 1 aromatic carbocycles. The van der Waals surface area contributed by atoms with Crippen molar-refractivity contribution in [1.29, 1.82) is 0 Å². The highest BCUT2D eigenvalue weighted by atomic mass is 16.5. The standard InChI is InChI=1S/C19H24N8O2/c1-13(2)27-18(23-24-25-27)16-7-3-4-8-17(16)22-19(28)21-14-10-20-26(11-14)12-15-6-5-9-29-15/h3-4,7-8,10-11,13,15H,5-6,9,12H2,1-2H3,(H2,21,22,28). The Balaban J connectivity index is 1.44. The van der Waals surface area contributed by atoms with Crippen molar-refractivity contribution >= 4 is 17.4 Å². The van der Waals surface area contributed by atoms with Gasteiger partial charge in [-0.1, -0.05) is 12.1 Å². The van der Waals surface area contributed by atoms with Crippen LogP contribution in [0.2, 0.25) is 0 Å². The number of anilines is 2. The van der Waals surface area contributed by atoms with Crippen molar-refractivity contribution in [2.45, 2.75) is 45.4 Å². The maximum absolute atomic E-state index is 12.5. The van der Waals surface area contributed by atoms with E-state index in [9.17, 15) is 4.79 Å². The van der Waals surface area contributed by atoms with Gasteiger partial charge < -0.3 is 15.4 Å². The van der Waals surface area contributed by atoms with Crippen LogP contribution in [-0.2, 0) is 11.3 Å². The van der Waals surface area contributed by atoms with Crippen molar-refractivity contribution in [2.24, 2.45) is 0 Å². The third-order valence-electron chi connectivity index (χ3n) is 4.70. The zero-order chi connectivity index (χ0) is 20.2. The summed E-state index contributed by atoms with van der Waals surface area (Å²) in [6.45, 7) is 5.48. The van der Waals surface area contributed by atoms with Crippen molar-refractivity contribution in [3.63, 3.8) is 0 Å². The summed E-state index contributed by atoms with van der Waals surface area (Å²) in [6.07, 6.45) is 5.73. The first-order chi connectivity index (χ1) is 14.1. The molecular formula is C19H24N8O2. The van der Waals surface area contributed by atoms with Crippen molar-refractivity contribution in [2.75, 3.05) is 17.2 Å². The van der Waals surface area contributed by atoms with Gasteiger partial charge in [0, 0.05) is 18.4 Å². The van der Waals surface area contributed by atoms with Crippen LogP contribution in [0.3, 0.4) is 0 Å². The Morgan fingerprint density at radius 2 is 2.17 bits per heavy atom. The van der Waals surface area contributed by atoms with Crippen LogP contribution in [0.1, 0.15) is 32.7 Å². The molecule has 3 heterocycles. The van der Waals surface area contributed by atoms with E-state index < -0.39 is 0 Å². The molecule has 1 unspecified atom stereocenters. The molecule has 0 bridgehead atoms. The summed E-state index contributed by atoms with van der Waals surface area (Å²) < 4.78 is 9.13. The quantitative estimate of drug-likeness (QED) is 0.663. The molecule has 10 heteroatoms. The topological polar surface area (TPSA) is 112 Å². The largest absolute Gasteiger partial charge is 0.376 e. The van der Waals surface area contributed by atoms with Crippen LogP contribution in [0, 0.1) is 0 Å². The minimum absolute atomic E-state index is 0.0940. The Morgan fingerprint density at radius 3 is 2.97 bits per heavy atom. The fraction of sp³-hybridized carbons (Fsp3) is 0.421. The van der Waals surface area contributed by atoms with Crippen LogP contribution >= 0.6 is 0 Å². The van der Waals surface area contributed by atoms with Crippen LogP contribution in [-0.4, -0.2) is 48.7 Å². The van der Waals surface area contributed by atoms with E-state index in [1.807, 2.05) is 38.1 Å². The van der Waals surface area contributed by atoms with Gasteiger partial charge in [0.2, 0.25) is 0 Å². The number of tetrazole rings is 1. The van der Waals surface area contributed by atoms with E-state index in [0.29, 0.717) is 23.7 Å². The summed E-state index contributed by atoms with van der Waals surface area (Å²) in [6, 6.07) is 7.15.